The molecule has 0 atom stereocenters. The highest BCUT2D eigenvalue weighted by Crippen LogP contribution is 2.35. The number of carbonyl (C=O) groups is 1. The van der Waals surface area contributed by atoms with Crippen molar-refractivity contribution in [1.29, 1.82) is 0 Å². The van der Waals surface area contributed by atoms with Gasteiger partial charge in [-0.3, -0.25) is 4.79 Å². The zero-order valence-electron chi connectivity index (χ0n) is 12.6. The van der Waals surface area contributed by atoms with Crippen molar-refractivity contribution in [3.63, 3.8) is 0 Å². The molecule has 0 unspecified atom stereocenters. The molecule has 3 aromatic rings. The van der Waals surface area contributed by atoms with E-state index in [1.807, 2.05) is 36.4 Å². The normalized spacial score (nSPS) is 11.5. The van der Waals surface area contributed by atoms with Crippen LogP contribution in [0.4, 0.5) is 5.69 Å². The van der Waals surface area contributed by atoms with Crippen LogP contribution < -0.4 is 0 Å². The summed E-state index contributed by atoms with van der Waals surface area (Å²) in [6.07, 6.45) is 1.50. The highest BCUT2D eigenvalue weighted by molar-refractivity contribution is 5.94. The van der Waals surface area contributed by atoms with E-state index < -0.39 is 5.91 Å². The molecule has 24 heavy (non-hydrogen) atoms. The standard InChI is InChI=1S/C17H14N4O3/c22-15(11-24-18-10-12-6-2-1-3-7-12)20-21-16-13-8-4-5-9-14(13)19-17(16)23/h1-10,19,23H,11H2/b18-10+,21-20?. The Balaban J connectivity index is 1.59. The van der Waals surface area contributed by atoms with E-state index in [4.69, 9.17) is 4.84 Å². The van der Waals surface area contributed by atoms with Crippen molar-refractivity contribution in [2.45, 2.75) is 0 Å². The average molecular weight is 322 g/mol. The number of nitrogens with zero attached hydrogens (tertiary/aromatic N) is 3. The third kappa shape index (κ3) is 3.64. The summed E-state index contributed by atoms with van der Waals surface area (Å²) in [7, 11) is 0. The fraction of sp³-hybridized carbons (Fsp3) is 0.0588. The Morgan fingerprint density at radius 3 is 2.71 bits per heavy atom. The van der Waals surface area contributed by atoms with Crippen molar-refractivity contribution < 1.29 is 14.7 Å². The number of aromatic nitrogens is 1. The Morgan fingerprint density at radius 2 is 1.88 bits per heavy atom. The Labute approximate surface area is 137 Å². The van der Waals surface area contributed by atoms with Crippen LogP contribution in [0.1, 0.15) is 5.56 Å². The van der Waals surface area contributed by atoms with Gasteiger partial charge in [-0.15, -0.1) is 10.2 Å². The minimum Gasteiger partial charge on any atom is -0.493 e. The van der Waals surface area contributed by atoms with Crippen molar-refractivity contribution in [3.8, 4) is 5.88 Å². The second kappa shape index (κ2) is 7.19. The zero-order chi connectivity index (χ0) is 16.8. The van der Waals surface area contributed by atoms with Crippen LogP contribution in [0.2, 0.25) is 0 Å². The minimum absolute atomic E-state index is 0.143. The monoisotopic (exact) mass is 322 g/mol. The Kier molecular flexibility index (Phi) is 4.62. The molecule has 0 saturated heterocycles. The number of aromatic hydroxyl groups is 1. The summed E-state index contributed by atoms with van der Waals surface area (Å²) in [5.74, 6) is -0.749. The lowest BCUT2D eigenvalue weighted by Crippen LogP contribution is -2.01. The SMILES string of the molecule is O=C(CO/N=C/c1ccccc1)N=Nc1c(O)[nH]c2ccccc12. The molecule has 120 valence electrons. The van der Waals surface area contributed by atoms with Gasteiger partial charge in [0.25, 0.3) is 0 Å². The summed E-state index contributed by atoms with van der Waals surface area (Å²) in [5, 5.41) is 21.5. The summed E-state index contributed by atoms with van der Waals surface area (Å²) >= 11 is 0. The first kappa shape index (κ1) is 15.4. The predicted octanol–water partition coefficient (Wildman–Crippen LogP) is 3.53. The number of carbonyl (C=O) groups excluding carboxylic acids is 1. The first-order valence-corrected chi connectivity index (χ1v) is 7.18. The number of aromatic amines is 1. The predicted molar refractivity (Wildman–Crippen MR) is 89.5 cm³/mol. The molecule has 0 saturated carbocycles. The highest BCUT2D eigenvalue weighted by Gasteiger charge is 2.10. The van der Waals surface area contributed by atoms with Crippen LogP contribution in [0.5, 0.6) is 5.88 Å². The van der Waals surface area contributed by atoms with Gasteiger partial charge in [0.1, 0.15) is 0 Å². The zero-order valence-corrected chi connectivity index (χ0v) is 12.6. The van der Waals surface area contributed by atoms with Gasteiger partial charge in [0, 0.05) is 5.39 Å². The van der Waals surface area contributed by atoms with E-state index in [9.17, 15) is 9.90 Å². The molecule has 0 bridgehead atoms. The van der Waals surface area contributed by atoms with E-state index in [-0.39, 0.29) is 18.2 Å². The van der Waals surface area contributed by atoms with E-state index in [1.54, 1.807) is 18.2 Å². The van der Waals surface area contributed by atoms with E-state index in [0.717, 1.165) is 5.56 Å². The molecule has 0 radical (unpaired) electrons. The maximum atomic E-state index is 11.6. The molecule has 1 heterocycles. The fourth-order valence-corrected chi connectivity index (χ4v) is 2.08. The van der Waals surface area contributed by atoms with Gasteiger partial charge in [0.15, 0.2) is 12.3 Å². The fourth-order valence-electron chi connectivity index (χ4n) is 2.08. The van der Waals surface area contributed by atoms with Crippen molar-refractivity contribution in [2.75, 3.05) is 6.61 Å². The Hall–Kier alpha value is -3.48. The van der Waals surface area contributed by atoms with Crippen LogP contribution in [-0.2, 0) is 9.63 Å². The summed E-state index contributed by atoms with van der Waals surface area (Å²) in [5.41, 5.74) is 1.78. The van der Waals surface area contributed by atoms with Crippen molar-refractivity contribution in [3.05, 3.63) is 60.2 Å². The van der Waals surface area contributed by atoms with Crippen molar-refractivity contribution in [1.82, 2.24) is 4.98 Å². The molecule has 7 heteroatoms. The lowest BCUT2D eigenvalue weighted by Gasteiger charge is -1.94. The molecular weight excluding hydrogens is 308 g/mol. The molecule has 0 fully saturated rings. The van der Waals surface area contributed by atoms with E-state index in [0.29, 0.717) is 10.9 Å². The lowest BCUT2D eigenvalue weighted by atomic mass is 10.2. The van der Waals surface area contributed by atoms with Gasteiger partial charge in [-0.1, -0.05) is 53.7 Å². The molecule has 2 aromatic carbocycles. The van der Waals surface area contributed by atoms with Gasteiger partial charge in [-0.2, -0.15) is 0 Å². The second-order valence-electron chi connectivity index (χ2n) is 4.88. The number of benzene rings is 2. The van der Waals surface area contributed by atoms with Gasteiger partial charge in [0.2, 0.25) is 5.88 Å². The Bertz CT molecular complexity index is 901. The number of amides is 1. The molecule has 7 nitrogen and oxygen atoms in total. The molecule has 0 aliphatic heterocycles. The number of hydrogen-bond donors (Lipinski definition) is 2. The van der Waals surface area contributed by atoms with Gasteiger partial charge >= 0.3 is 5.91 Å². The highest BCUT2D eigenvalue weighted by atomic mass is 16.6. The number of azo groups is 1. The smallest absolute Gasteiger partial charge is 0.304 e. The first-order chi connectivity index (χ1) is 11.7. The van der Waals surface area contributed by atoms with Crippen LogP contribution in [-0.4, -0.2) is 28.8 Å². The van der Waals surface area contributed by atoms with Crippen LogP contribution in [0, 0.1) is 0 Å². The number of hydrogen-bond acceptors (Lipinski definition) is 5. The molecule has 1 aromatic heterocycles. The molecule has 3 rings (SSSR count). The average Bonchev–Trinajstić information content (AvgIpc) is 2.93. The molecule has 0 aliphatic carbocycles. The van der Waals surface area contributed by atoms with Gasteiger partial charge < -0.3 is 14.9 Å². The number of para-hydroxylation sites is 1. The number of rotatable bonds is 5. The van der Waals surface area contributed by atoms with Gasteiger partial charge in [-0.25, -0.2) is 0 Å². The Morgan fingerprint density at radius 1 is 1.12 bits per heavy atom. The molecule has 0 aliphatic rings. The van der Waals surface area contributed by atoms with E-state index in [2.05, 4.69) is 20.4 Å². The molecular formula is C17H14N4O3. The minimum atomic E-state index is -0.607. The maximum Gasteiger partial charge on any atom is 0.304 e. The third-order valence-corrected chi connectivity index (χ3v) is 3.19. The lowest BCUT2D eigenvalue weighted by molar-refractivity contribution is -0.122. The number of fused-ring (bicyclic) bond motifs is 1. The van der Waals surface area contributed by atoms with E-state index >= 15 is 0 Å². The number of nitrogens with one attached hydrogen (secondary N) is 1. The largest absolute Gasteiger partial charge is 0.493 e. The first-order valence-electron chi connectivity index (χ1n) is 7.18. The summed E-state index contributed by atoms with van der Waals surface area (Å²) in [4.78, 5) is 19.3. The van der Waals surface area contributed by atoms with Crippen LogP contribution >= 0.6 is 0 Å². The van der Waals surface area contributed by atoms with E-state index in [1.165, 1.54) is 6.21 Å². The van der Waals surface area contributed by atoms with Crippen LogP contribution in [0.3, 0.4) is 0 Å². The topological polar surface area (TPSA) is 99.4 Å². The number of H-pyrrole nitrogens is 1. The number of oxime groups is 1. The quantitative estimate of drug-likeness (QED) is 0.427. The summed E-state index contributed by atoms with van der Waals surface area (Å²) < 4.78 is 0. The second-order valence-corrected chi connectivity index (χ2v) is 4.88. The van der Waals surface area contributed by atoms with Crippen molar-refractivity contribution in [2.24, 2.45) is 15.4 Å². The summed E-state index contributed by atoms with van der Waals surface area (Å²) in [6, 6.07) is 16.5. The molecule has 2 N–H and O–H groups in total. The summed E-state index contributed by atoms with van der Waals surface area (Å²) in [6.45, 7) is -0.337. The maximum absolute atomic E-state index is 11.6. The molecule has 0 spiro atoms. The third-order valence-electron chi connectivity index (χ3n) is 3.19. The van der Waals surface area contributed by atoms with Crippen LogP contribution in [0.25, 0.3) is 10.9 Å². The van der Waals surface area contributed by atoms with Crippen molar-refractivity contribution >= 4 is 28.7 Å². The van der Waals surface area contributed by atoms with Gasteiger partial charge in [-0.05, 0) is 11.6 Å². The molecule has 1 amide bonds. The van der Waals surface area contributed by atoms with Crippen LogP contribution in [0.15, 0.2) is 70.0 Å². The van der Waals surface area contributed by atoms with Gasteiger partial charge in [0.05, 0.1) is 11.7 Å².